The summed E-state index contributed by atoms with van der Waals surface area (Å²) in [7, 11) is 0. The molecule has 0 aromatic heterocycles. The van der Waals surface area contributed by atoms with Crippen LogP contribution in [0.3, 0.4) is 0 Å². The van der Waals surface area contributed by atoms with Crippen molar-refractivity contribution in [2.45, 2.75) is 0 Å². The van der Waals surface area contributed by atoms with Crippen LogP contribution in [0.4, 0.5) is 0 Å². The first kappa shape index (κ1) is 9.14. The van der Waals surface area contributed by atoms with Crippen molar-refractivity contribution < 1.29 is 0 Å². The summed E-state index contributed by atoms with van der Waals surface area (Å²) in [5.41, 5.74) is 0.997. The van der Waals surface area contributed by atoms with Gasteiger partial charge in [0.25, 0.3) is 0 Å². The van der Waals surface area contributed by atoms with Gasteiger partial charge in [0.1, 0.15) is 0 Å². The van der Waals surface area contributed by atoms with E-state index in [0.717, 1.165) is 5.56 Å². The molecule has 0 spiro atoms. The summed E-state index contributed by atoms with van der Waals surface area (Å²) >= 11 is 10.2. The van der Waals surface area contributed by atoms with Crippen LogP contribution in [0.15, 0.2) is 35.5 Å². The van der Waals surface area contributed by atoms with Crippen molar-refractivity contribution in [3.05, 3.63) is 41.1 Å². The molecule has 0 fully saturated rings. The van der Waals surface area contributed by atoms with Gasteiger partial charge in [-0.1, -0.05) is 23.7 Å². The fourth-order valence-corrected chi connectivity index (χ4v) is 1.02. The minimum absolute atomic E-state index is 0.712. The van der Waals surface area contributed by atoms with Gasteiger partial charge >= 0.3 is 0 Å². The Kier molecular flexibility index (Phi) is 3.68. The van der Waals surface area contributed by atoms with Crippen molar-refractivity contribution in [2.24, 2.45) is 4.99 Å². The van der Waals surface area contributed by atoms with Crippen LogP contribution in [0.5, 0.6) is 0 Å². The number of benzene rings is 1. The standard InChI is InChI=1S/C9H6ClNS/c10-9-3-1-2-8(6-9)4-5-11-7-12/h1-6H. The highest BCUT2D eigenvalue weighted by atomic mass is 35.5. The van der Waals surface area contributed by atoms with Crippen LogP contribution in [0.2, 0.25) is 5.02 Å². The molecule has 1 nitrogen and oxygen atoms in total. The smallest absolute Gasteiger partial charge is 0.0634 e. The molecule has 0 aliphatic heterocycles. The first-order valence-electron chi connectivity index (χ1n) is 3.32. The molecule has 1 rings (SSSR count). The maximum Gasteiger partial charge on any atom is 0.0634 e. The van der Waals surface area contributed by atoms with E-state index in [4.69, 9.17) is 11.6 Å². The third-order valence-electron chi connectivity index (χ3n) is 1.24. The minimum Gasteiger partial charge on any atom is -0.203 e. The molecule has 0 heterocycles. The van der Waals surface area contributed by atoms with E-state index in [2.05, 4.69) is 22.4 Å². The average molecular weight is 196 g/mol. The van der Waals surface area contributed by atoms with Crippen LogP contribution >= 0.6 is 23.8 Å². The number of isothiocyanates is 1. The lowest BCUT2D eigenvalue weighted by atomic mass is 10.2. The Balaban J connectivity index is 2.82. The van der Waals surface area contributed by atoms with Gasteiger partial charge in [0.15, 0.2) is 0 Å². The van der Waals surface area contributed by atoms with E-state index in [1.54, 1.807) is 6.20 Å². The average Bonchev–Trinajstić information content (AvgIpc) is 2.05. The quantitative estimate of drug-likeness (QED) is 0.521. The third-order valence-corrected chi connectivity index (χ3v) is 1.58. The largest absolute Gasteiger partial charge is 0.203 e. The summed E-state index contributed by atoms with van der Waals surface area (Å²) in [4.78, 5) is 3.64. The van der Waals surface area contributed by atoms with Crippen molar-refractivity contribution in [1.29, 1.82) is 0 Å². The van der Waals surface area contributed by atoms with E-state index in [9.17, 15) is 0 Å². The van der Waals surface area contributed by atoms with Crippen LogP contribution in [0.25, 0.3) is 6.08 Å². The Bertz CT molecular complexity index is 340. The zero-order chi connectivity index (χ0) is 8.81. The molecule has 12 heavy (non-hydrogen) atoms. The second-order valence-electron chi connectivity index (χ2n) is 2.09. The molecule has 0 aliphatic rings. The first-order chi connectivity index (χ1) is 5.83. The molecule has 3 heteroatoms. The highest BCUT2D eigenvalue weighted by Gasteiger charge is 1.86. The molecule has 1 aromatic rings. The predicted octanol–water partition coefficient (Wildman–Crippen LogP) is 3.41. The summed E-state index contributed by atoms with van der Waals surface area (Å²) in [6, 6.07) is 7.47. The maximum absolute atomic E-state index is 5.76. The van der Waals surface area contributed by atoms with Crippen molar-refractivity contribution in [1.82, 2.24) is 0 Å². The Morgan fingerprint density at radius 3 is 3.00 bits per heavy atom. The molecule has 60 valence electrons. The van der Waals surface area contributed by atoms with Gasteiger partial charge in [-0.25, -0.2) is 4.99 Å². The fourth-order valence-electron chi connectivity index (χ4n) is 0.764. The lowest BCUT2D eigenvalue weighted by Gasteiger charge is -1.91. The van der Waals surface area contributed by atoms with Gasteiger partial charge in [-0.3, -0.25) is 0 Å². The normalized spacial score (nSPS) is 9.75. The molecular weight excluding hydrogens is 190 g/mol. The van der Waals surface area contributed by atoms with E-state index in [-0.39, 0.29) is 0 Å². The SMILES string of the molecule is S=C=NC=Cc1cccc(Cl)c1. The number of hydrogen-bond acceptors (Lipinski definition) is 2. The molecular formula is C9H6ClNS. The lowest BCUT2D eigenvalue weighted by molar-refractivity contribution is 1.60. The second kappa shape index (κ2) is 4.83. The number of hydrogen-bond donors (Lipinski definition) is 0. The summed E-state index contributed by atoms with van der Waals surface area (Å²) in [6.45, 7) is 0. The number of thiocarbonyl (C=S) groups is 1. The van der Waals surface area contributed by atoms with Gasteiger partial charge in [-0.05, 0) is 36.0 Å². The molecule has 1 aromatic carbocycles. The molecule has 0 unspecified atom stereocenters. The van der Waals surface area contributed by atoms with Gasteiger partial charge in [0.2, 0.25) is 0 Å². The molecule has 0 saturated carbocycles. The first-order valence-corrected chi connectivity index (χ1v) is 4.10. The van der Waals surface area contributed by atoms with E-state index >= 15 is 0 Å². The minimum atomic E-state index is 0.712. The van der Waals surface area contributed by atoms with Crippen LogP contribution < -0.4 is 0 Å². The Labute approximate surface area is 81.4 Å². The Morgan fingerprint density at radius 2 is 2.33 bits per heavy atom. The zero-order valence-corrected chi connectivity index (χ0v) is 7.77. The maximum atomic E-state index is 5.76. The molecule has 0 atom stereocenters. The van der Waals surface area contributed by atoms with E-state index in [1.807, 2.05) is 30.3 Å². The van der Waals surface area contributed by atoms with Gasteiger partial charge in [-0.15, -0.1) is 0 Å². The third kappa shape index (κ3) is 2.97. The van der Waals surface area contributed by atoms with E-state index in [1.165, 1.54) is 0 Å². The molecule has 0 bridgehead atoms. The molecule has 0 amide bonds. The Morgan fingerprint density at radius 1 is 1.50 bits per heavy atom. The molecule has 0 N–H and O–H groups in total. The van der Waals surface area contributed by atoms with Crippen LogP contribution in [-0.4, -0.2) is 5.16 Å². The van der Waals surface area contributed by atoms with Gasteiger partial charge < -0.3 is 0 Å². The summed E-state index contributed by atoms with van der Waals surface area (Å²) < 4.78 is 0. The van der Waals surface area contributed by atoms with Crippen molar-refractivity contribution in [2.75, 3.05) is 0 Å². The Hall–Kier alpha value is -0.950. The number of rotatable bonds is 2. The number of aliphatic imine (C=N–C) groups is 1. The highest BCUT2D eigenvalue weighted by molar-refractivity contribution is 7.78. The van der Waals surface area contributed by atoms with Crippen molar-refractivity contribution in [3.63, 3.8) is 0 Å². The fraction of sp³-hybridized carbons (Fsp3) is 0. The molecule has 0 saturated heterocycles. The summed E-state index contributed by atoms with van der Waals surface area (Å²) in [5, 5.41) is 2.95. The van der Waals surface area contributed by atoms with Crippen LogP contribution in [0.1, 0.15) is 5.56 Å². The zero-order valence-electron chi connectivity index (χ0n) is 6.20. The second-order valence-corrected chi connectivity index (χ2v) is 2.71. The van der Waals surface area contributed by atoms with Crippen LogP contribution in [0, 0.1) is 0 Å². The monoisotopic (exact) mass is 195 g/mol. The van der Waals surface area contributed by atoms with E-state index < -0.39 is 0 Å². The van der Waals surface area contributed by atoms with Gasteiger partial charge in [0.05, 0.1) is 5.16 Å². The molecule has 0 radical (unpaired) electrons. The van der Waals surface area contributed by atoms with E-state index in [0.29, 0.717) is 5.02 Å². The molecule has 0 aliphatic carbocycles. The highest BCUT2D eigenvalue weighted by Crippen LogP contribution is 2.11. The van der Waals surface area contributed by atoms with Gasteiger partial charge in [-0.2, -0.15) is 0 Å². The topological polar surface area (TPSA) is 12.4 Å². The lowest BCUT2D eigenvalue weighted by Crippen LogP contribution is -1.69. The summed E-state index contributed by atoms with van der Waals surface area (Å²) in [5.74, 6) is 0. The number of nitrogens with zero attached hydrogens (tertiary/aromatic N) is 1. The van der Waals surface area contributed by atoms with Crippen molar-refractivity contribution >= 4 is 35.1 Å². The van der Waals surface area contributed by atoms with Crippen LogP contribution in [-0.2, 0) is 0 Å². The number of halogens is 1. The van der Waals surface area contributed by atoms with Gasteiger partial charge in [0, 0.05) is 11.2 Å². The summed E-state index contributed by atoms with van der Waals surface area (Å²) in [6.07, 6.45) is 3.39. The predicted molar refractivity (Wildman–Crippen MR) is 55.5 cm³/mol. The van der Waals surface area contributed by atoms with Crippen molar-refractivity contribution in [3.8, 4) is 0 Å².